The summed E-state index contributed by atoms with van der Waals surface area (Å²) in [7, 11) is 3.19. The van der Waals surface area contributed by atoms with Crippen LogP contribution in [0.3, 0.4) is 0 Å². The minimum absolute atomic E-state index is 0.00796. The first-order valence-electron chi connectivity index (χ1n) is 4.31. The van der Waals surface area contributed by atoms with Gasteiger partial charge in [-0.05, 0) is 13.8 Å². The molecule has 1 N–H and O–H groups in total. The Hall–Kier alpha value is -0.610. The van der Waals surface area contributed by atoms with Crippen LogP contribution in [0.1, 0.15) is 13.8 Å². The third-order valence-electron chi connectivity index (χ3n) is 1.71. The van der Waals surface area contributed by atoms with Gasteiger partial charge in [0.1, 0.15) is 0 Å². The van der Waals surface area contributed by atoms with Crippen molar-refractivity contribution in [3.63, 3.8) is 0 Å². The molecular formula is C9H19NO3. The molecule has 0 aliphatic heterocycles. The van der Waals surface area contributed by atoms with Crippen LogP contribution in [0.5, 0.6) is 0 Å². The molecule has 0 unspecified atom stereocenters. The van der Waals surface area contributed by atoms with E-state index in [1.807, 2.05) is 13.8 Å². The summed E-state index contributed by atoms with van der Waals surface area (Å²) in [6.45, 7) is 5.19. The summed E-state index contributed by atoms with van der Waals surface area (Å²) in [4.78, 5) is 11.5. The summed E-state index contributed by atoms with van der Waals surface area (Å²) in [5, 5.41) is 2.76. The number of nitrogens with one attached hydrogen (secondary N) is 1. The molecule has 0 rings (SSSR count). The predicted octanol–water partition coefficient (Wildman–Crippen LogP) is 0.422. The fourth-order valence-corrected chi connectivity index (χ4v) is 0.932. The SMILES string of the molecule is COCCNC(=O)C(C)(C)COC. The lowest BCUT2D eigenvalue weighted by Crippen LogP contribution is -2.41. The van der Waals surface area contributed by atoms with E-state index in [2.05, 4.69) is 5.32 Å². The van der Waals surface area contributed by atoms with Gasteiger partial charge in [-0.25, -0.2) is 0 Å². The molecule has 13 heavy (non-hydrogen) atoms. The van der Waals surface area contributed by atoms with Crippen LogP contribution >= 0.6 is 0 Å². The zero-order valence-corrected chi connectivity index (χ0v) is 8.85. The van der Waals surface area contributed by atoms with E-state index in [9.17, 15) is 4.79 Å². The molecule has 0 aromatic heterocycles. The molecule has 0 saturated heterocycles. The fourth-order valence-electron chi connectivity index (χ4n) is 0.932. The van der Waals surface area contributed by atoms with Gasteiger partial charge in [0.25, 0.3) is 0 Å². The summed E-state index contributed by atoms with van der Waals surface area (Å²) in [6.07, 6.45) is 0. The number of ether oxygens (including phenoxy) is 2. The predicted molar refractivity (Wildman–Crippen MR) is 50.5 cm³/mol. The highest BCUT2D eigenvalue weighted by Gasteiger charge is 2.26. The summed E-state index contributed by atoms with van der Waals surface area (Å²) < 4.78 is 9.76. The van der Waals surface area contributed by atoms with Gasteiger partial charge in [-0.2, -0.15) is 0 Å². The van der Waals surface area contributed by atoms with Crippen LogP contribution in [0.25, 0.3) is 0 Å². The lowest BCUT2D eigenvalue weighted by molar-refractivity contribution is -0.132. The molecule has 78 valence electrons. The van der Waals surface area contributed by atoms with Crippen molar-refractivity contribution in [1.82, 2.24) is 5.32 Å². The summed E-state index contributed by atoms with van der Waals surface area (Å²) in [5.41, 5.74) is -0.470. The van der Waals surface area contributed by atoms with Crippen LogP contribution in [-0.4, -0.2) is 39.9 Å². The first-order chi connectivity index (χ1) is 6.04. The van der Waals surface area contributed by atoms with Crippen LogP contribution in [0.15, 0.2) is 0 Å². The van der Waals surface area contributed by atoms with E-state index >= 15 is 0 Å². The quantitative estimate of drug-likeness (QED) is 0.616. The number of methoxy groups -OCH3 is 2. The molecule has 0 aliphatic carbocycles. The van der Waals surface area contributed by atoms with E-state index in [-0.39, 0.29) is 5.91 Å². The number of hydrogen-bond acceptors (Lipinski definition) is 3. The molecule has 0 aromatic carbocycles. The van der Waals surface area contributed by atoms with Crippen LogP contribution in [0.2, 0.25) is 0 Å². The minimum atomic E-state index is -0.470. The Bertz CT molecular complexity index is 157. The molecular weight excluding hydrogens is 170 g/mol. The van der Waals surface area contributed by atoms with Gasteiger partial charge in [-0.3, -0.25) is 4.79 Å². The van der Waals surface area contributed by atoms with Crippen molar-refractivity contribution in [1.29, 1.82) is 0 Å². The molecule has 0 saturated carbocycles. The summed E-state index contributed by atoms with van der Waals surface area (Å²) >= 11 is 0. The number of amides is 1. The Morgan fingerprint density at radius 1 is 1.31 bits per heavy atom. The molecule has 0 heterocycles. The highest BCUT2D eigenvalue weighted by molar-refractivity contribution is 5.81. The Labute approximate surface area is 79.6 Å². The lowest BCUT2D eigenvalue weighted by atomic mass is 9.94. The van der Waals surface area contributed by atoms with Crippen LogP contribution in [0, 0.1) is 5.41 Å². The third kappa shape index (κ3) is 4.85. The van der Waals surface area contributed by atoms with E-state index in [4.69, 9.17) is 9.47 Å². The number of hydrogen-bond donors (Lipinski definition) is 1. The van der Waals surface area contributed by atoms with Crippen molar-refractivity contribution in [3.05, 3.63) is 0 Å². The fraction of sp³-hybridized carbons (Fsp3) is 0.889. The molecule has 0 aromatic rings. The van der Waals surface area contributed by atoms with Crippen LogP contribution in [-0.2, 0) is 14.3 Å². The van der Waals surface area contributed by atoms with Crippen molar-refractivity contribution in [2.75, 3.05) is 34.0 Å². The second-order valence-corrected chi connectivity index (χ2v) is 3.57. The van der Waals surface area contributed by atoms with Crippen molar-refractivity contribution < 1.29 is 14.3 Å². The molecule has 0 bridgehead atoms. The largest absolute Gasteiger partial charge is 0.384 e. The van der Waals surface area contributed by atoms with Gasteiger partial charge in [0, 0.05) is 20.8 Å². The van der Waals surface area contributed by atoms with E-state index in [0.29, 0.717) is 19.8 Å². The highest BCUT2D eigenvalue weighted by atomic mass is 16.5. The van der Waals surface area contributed by atoms with Gasteiger partial charge in [-0.15, -0.1) is 0 Å². The molecule has 0 radical (unpaired) electrons. The maximum atomic E-state index is 11.5. The molecule has 0 atom stereocenters. The van der Waals surface area contributed by atoms with Gasteiger partial charge in [0.15, 0.2) is 0 Å². The maximum Gasteiger partial charge on any atom is 0.228 e. The van der Waals surface area contributed by atoms with E-state index < -0.39 is 5.41 Å². The van der Waals surface area contributed by atoms with Crippen molar-refractivity contribution in [2.24, 2.45) is 5.41 Å². The summed E-state index contributed by atoms with van der Waals surface area (Å²) in [5.74, 6) is -0.00796. The van der Waals surface area contributed by atoms with Crippen molar-refractivity contribution in [3.8, 4) is 0 Å². The lowest BCUT2D eigenvalue weighted by Gasteiger charge is -2.22. The zero-order valence-electron chi connectivity index (χ0n) is 8.85. The number of carbonyl (C=O) groups is 1. The Balaban J connectivity index is 3.80. The highest BCUT2D eigenvalue weighted by Crippen LogP contribution is 2.14. The third-order valence-corrected chi connectivity index (χ3v) is 1.71. The molecule has 0 spiro atoms. The average molecular weight is 189 g/mol. The molecule has 4 heteroatoms. The van der Waals surface area contributed by atoms with Crippen LogP contribution < -0.4 is 5.32 Å². The van der Waals surface area contributed by atoms with Gasteiger partial charge < -0.3 is 14.8 Å². The topological polar surface area (TPSA) is 47.6 Å². The monoisotopic (exact) mass is 189 g/mol. The zero-order chi connectivity index (χ0) is 10.3. The Morgan fingerprint density at radius 3 is 2.38 bits per heavy atom. The van der Waals surface area contributed by atoms with E-state index in [1.165, 1.54) is 0 Å². The molecule has 1 amide bonds. The Kier molecular flexibility index (Phi) is 5.66. The van der Waals surface area contributed by atoms with Gasteiger partial charge >= 0.3 is 0 Å². The first-order valence-corrected chi connectivity index (χ1v) is 4.31. The summed E-state index contributed by atoms with van der Waals surface area (Å²) in [6, 6.07) is 0. The van der Waals surface area contributed by atoms with Gasteiger partial charge in [-0.1, -0.05) is 0 Å². The van der Waals surface area contributed by atoms with Gasteiger partial charge in [0.2, 0.25) is 5.91 Å². The van der Waals surface area contributed by atoms with Gasteiger partial charge in [0.05, 0.1) is 18.6 Å². The van der Waals surface area contributed by atoms with Crippen molar-refractivity contribution >= 4 is 5.91 Å². The minimum Gasteiger partial charge on any atom is -0.384 e. The van der Waals surface area contributed by atoms with Crippen LogP contribution in [0.4, 0.5) is 0 Å². The standard InChI is InChI=1S/C9H19NO3/c1-9(2,7-13-4)8(11)10-5-6-12-3/h5-7H2,1-4H3,(H,10,11). The average Bonchev–Trinajstić information content (AvgIpc) is 2.04. The molecule has 4 nitrogen and oxygen atoms in total. The molecule has 0 fully saturated rings. The van der Waals surface area contributed by atoms with E-state index in [1.54, 1.807) is 14.2 Å². The number of carbonyl (C=O) groups excluding carboxylic acids is 1. The second-order valence-electron chi connectivity index (χ2n) is 3.57. The Morgan fingerprint density at radius 2 is 1.92 bits per heavy atom. The normalized spacial score (nSPS) is 11.4. The number of rotatable bonds is 6. The van der Waals surface area contributed by atoms with Crippen molar-refractivity contribution in [2.45, 2.75) is 13.8 Å². The molecule has 0 aliphatic rings. The maximum absolute atomic E-state index is 11.5. The second kappa shape index (κ2) is 5.94. The van der Waals surface area contributed by atoms with E-state index in [0.717, 1.165) is 0 Å². The smallest absolute Gasteiger partial charge is 0.228 e. The first kappa shape index (κ1) is 12.4.